The van der Waals surface area contributed by atoms with Crippen LogP contribution >= 0.6 is 11.6 Å². The number of anilines is 2. The summed E-state index contributed by atoms with van der Waals surface area (Å²) in [4.78, 5) is 26.6. The van der Waals surface area contributed by atoms with Gasteiger partial charge in [0, 0.05) is 19.2 Å². The highest BCUT2D eigenvalue weighted by Gasteiger charge is 2.62. The predicted octanol–water partition coefficient (Wildman–Crippen LogP) is 4.94. The van der Waals surface area contributed by atoms with E-state index < -0.39 is 27.0 Å². The number of carbonyl (C=O) groups is 1. The number of ether oxygens (including phenoxy) is 2. The summed E-state index contributed by atoms with van der Waals surface area (Å²) in [5.41, 5.74) is -0.178. The van der Waals surface area contributed by atoms with Crippen molar-refractivity contribution >= 4 is 39.2 Å². The molecule has 8 nitrogen and oxygen atoms in total. The number of morpholine rings is 1. The number of hydrogen-bond acceptors (Lipinski definition) is 7. The number of nitrogens with zero attached hydrogens (tertiary/aromatic N) is 4. The monoisotopic (exact) mass is 566 g/mol. The molecule has 1 atom stereocenters. The Morgan fingerprint density at radius 3 is 2.13 bits per heavy atom. The topological polar surface area (TPSA) is 77.0 Å². The molecule has 206 valence electrons. The standard InChI is InChI=1S/C29H35ClN4O4Si/c1-27(2,3)39-38-29(21-11-7-5-8-12-21,22-13-9-6-10-14-22)28(4)20-37-26(35)34(28)24-19-23(30)31-25(32-24)33-15-17-36-18-16-33/h5-14,19H,15-18,20,39H2,1-4H3. The van der Waals surface area contributed by atoms with E-state index in [0.29, 0.717) is 38.1 Å². The number of benzene rings is 2. The number of aromatic nitrogens is 2. The van der Waals surface area contributed by atoms with E-state index in [2.05, 4.69) is 50.0 Å². The van der Waals surface area contributed by atoms with Crippen LogP contribution in [0.5, 0.6) is 0 Å². The molecule has 2 aliphatic rings. The zero-order valence-electron chi connectivity index (χ0n) is 22.9. The van der Waals surface area contributed by atoms with Crippen LogP contribution in [0.2, 0.25) is 10.2 Å². The van der Waals surface area contributed by atoms with Gasteiger partial charge in [-0.3, -0.25) is 0 Å². The Morgan fingerprint density at radius 1 is 0.974 bits per heavy atom. The minimum atomic E-state index is -1.14. The molecule has 5 rings (SSSR count). The number of amides is 1. The van der Waals surface area contributed by atoms with Crippen molar-refractivity contribution < 1.29 is 18.7 Å². The summed E-state index contributed by atoms with van der Waals surface area (Å²) in [7, 11) is -1.14. The molecule has 0 spiro atoms. The van der Waals surface area contributed by atoms with Gasteiger partial charge in [-0.25, -0.2) is 14.7 Å². The maximum Gasteiger partial charge on any atom is 0.416 e. The molecule has 2 aliphatic heterocycles. The van der Waals surface area contributed by atoms with Crippen LogP contribution in [0.15, 0.2) is 66.7 Å². The smallest absolute Gasteiger partial charge is 0.416 e. The van der Waals surface area contributed by atoms with E-state index >= 15 is 0 Å². The lowest BCUT2D eigenvalue weighted by Crippen LogP contribution is -2.63. The second-order valence-corrected chi connectivity index (χ2v) is 14.5. The van der Waals surface area contributed by atoms with Crippen LogP contribution in [0.4, 0.5) is 16.6 Å². The zero-order valence-corrected chi connectivity index (χ0v) is 25.1. The molecule has 2 fully saturated rings. The summed E-state index contributed by atoms with van der Waals surface area (Å²) in [6, 6.07) is 21.8. The number of rotatable bonds is 7. The lowest BCUT2D eigenvalue weighted by atomic mass is 9.71. The molecule has 39 heavy (non-hydrogen) atoms. The summed E-state index contributed by atoms with van der Waals surface area (Å²) in [5, 5.41) is 0.236. The van der Waals surface area contributed by atoms with Crippen LogP contribution < -0.4 is 9.80 Å². The van der Waals surface area contributed by atoms with Crippen molar-refractivity contribution in [1.82, 2.24) is 9.97 Å². The molecule has 0 aliphatic carbocycles. The Hall–Kier alpha value is -2.98. The summed E-state index contributed by atoms with van der Waals surface area (Å²) in [5.74, 6) is 0.830. The van der Waals surface area contributed by atoms with E-state index in [9.17, 15) is 4.79 Å². The molecule has 3 aromatic rings. The number of cyclic esters (lactones) is 1. The van der Waals surface area contributed by atoms with E-state index in [-0.39, 0.29) is 16.8 Å². The van der Waals surface area contributed by atoms with Crippen molar-refractivity contribution in [2.45, 2.75) is 43.9 Å². The van der Waals surface area contributed by atoms with Gasteiger partial charge in [-0.05, 0) is 23.1 Å². The van der Waals surface area contributed by atoms with Crippen LogP contribution in [0, 0.1) is 0 Å². The quantitative estimate of drug-likeness (QED) is 0.296. The lowest BCUT2D eigenvalue weighted by Gasteiger charge is -2.50. The van der Waals surface area contributed by atoms with E-state index in [1.807, 2.05) is 48.2 Å². The van der Waals surface area contributed by atoms with E-state index in [1.54, 1.807) is 11.0 Å². The molecule has 0 radical (unpaired) electrons. The van der Waals surface area contributed by atoms with E-state index in [1.165, 1.54) is 0 Å². The Morgan fingerprint density at radius 2 is 1.56 bits per heavy atom. The van der Waals surface area contributed by atoms with E-state index in [4.69, 9.17) is 30.5 Å². The SMILES string of the molecule is CC(C)(C)[SiH2]OC(c1ccccc1)(c1ccccc1)C1(C)COC(=O)N1c1cc(Cl)nc(N2CCOCC2)n1. The molecule has 0 saturated carbocycles. The van der Waals surface area contributed by atoms with Gasteiger partial charge in [-0.2, -0.15) is 4.98 Å². The Bertz CT molecular complexity index is 1260. The van der Waals surface area contributed by atoms with Crippen LogP contribution in [0.25, 0.3) is 0 Å². The Balaban J connectivity index is 1.72. The van der Waals surface area contributed by atoms with Gasteiger partial charge in [-0.15, -0.1) is 0 Å². The zero-order chi connectivity index (χ0) is 27.7. The van der Waals surface area contributed by atoms with Crippen molar-refractivity contribution in [2.75, 3.05) is 42.7 Å². The molecular formula is C29H35ClN4O4Si. The third kappa shape index (κ3) is 5.28. The first kappa shape index (κ1) is 27.6. The van der Waals surface area contributed by atoms with Gasteiger partial charge in [0.15, 0.2) is 9.76 Å². The second kappa shape index (κ2) is 10.9. The fraction of sp³-hybridized carbons (Fsp3) is 0.414. The molecule has 2 saturated heterocycles. The van der Waals surface area contributed by atoms with Gasteiger partial charge in [0.05, 0.1) is 13.2 Å². The maximum absolute atomic E-state index is 13.6. The van der Waals surface area contributed by atoms with Gasteiger partial charge in [-0.1, -0.05) is 93.0 Å². The second-order valence-electron chi connectivity index (χ2n) is 11.4. The van der Waals surface area contributed by atoms with Gasteiger partial charge < -0.3 is 18.8 Å². The molecule has 10 heteroatoms. The minimum absolute atomic E-state index is 0.0127. The summed E-state index contributed by atoms with van der Waals surface area (Å²) >= 11 is 6.55. The van der Waals surface area contributed by atoms with Crippen molar-refractivity contribution in [2.24, 2.45) is 0 Å². The third-order valence-electron chi connectivity index (χ3n) is 7.19. The van der Waals surface area contributed by atoms with E-state index in [0.717, 1.165) is 11.1 Å². The molecule has 3 heterocycles. The number of carbonyl (C=O) groups excluding carboxylic acids is 1. The van der Waals surface area contributed by atoms with Crippen molar-refractivity contribution in [3.05, 3.63) is 83.0 Å². The molecule has 1 unspecified atom stereocenters. The Kier molecular flexibility index (Phi) is 7.70. The summed E-state index contributed by atoms with van der Waals surface area (Å²) in [6.45, 7) is 11.1. The van der Waals surface area contributed by atoms with Gasteiger partial charge >= 0.3 is 6.09 Å². The van der Waals surface area contributed by atoms with Crippen LogP contribution in [-0.2, 0) is 19.5 Å². The van der Waals surface area contributed by atoms with Crippen LogP contribution in [0.3, 0.4) is 0 Å². The average molecular weight is 567 g/mol. The molecule has 0 N–H and O–H groups in total. The normalized spacial score (nSPS) is 20.6. The lowest BCUT2D eigenvalue weighted by molar-refractivity contribution is 0.0225. The number of hydrogen-bond donors (Lipinski definition) is 0. The fourth-order valence-electron chi connectivity index (χ4n) is 5.33. The highest BCUT2D eigenvalue weighted by molar-refractivity contribution is 6.32. The van der Waals surface area contributed by atoms with Crippen molar-refractivity contribution in [1.29, 1.82) is 0 Å². The first-order valence-electron chi connectivity index (χ1n) is 13.2. The van der Waals surface area contributed by atoms with Crippen LogP contribution in [0.1, 0.15) is 38.8 Å². The number of halogens is 1. The van der Waals surface area contributed by atoms with Crippen molar-refractivity contribution in [3.63, 3.8) is 0 Å². The first-order chi connectivity index (χ1) is 18.6. The van der Waals surface area contributed by atoms with Crippen LogP contribution in [-0.4, -0.2) is 64.3 Å². The highest BCUT2D eigenvalue weighted by atomic mass is 35.5. The fourth-order valence-corrected chi connectivity index (χ4v) is 6.80. The first-order valence-corrected chi connectivity index (χ1v) is 14.9. The minimum Gasteiger partial charge on any atom is -0.446 e. The molecular weight excluding hydrogens is 532 g/mol. The predicted molar refractivity (Wildman–Crippen MR) is 155 cm³/mol. The Labute approximate surface area is 237 Å². The molecule has 1 amide bonds. The van der Waals surface area contributed by atoms with Crippen molar-refractivity contribution in [3.8, 4) is 0 Å². The van der Waals surface area contributed by atoms with Gasteiger partial charge in [0.1, 0.15) is 28.7 Å². The van der Waals surface area contributed by atoms with Gasteiger partial charge in [0.2, 0.25) is 5.95 Å². The maximum atomic E-state index is 13.6. The summed E-state index contributed by atoms with van der Waals surface area (Å²) in [6.07, 6.45) is -0.502. The van der Waals surface area contributed by atoms with Gasteiger partial charge in [0.25, 0.3) is 0 Å². The third-order valence-corrected chi connectivity index (χ3v) is 8.82. The average Bonchev–Trinajstić information content (AvgIpc) is 3.24. The largest absolute Gasteiger partial charge is 0.446 e. The highest BCUT2D eigenvalue weighted by Crippen LogP contribution is 2.50. The summed E-state index contributed by atoms with van der Waals surface area (Å²) < 4.78 is 18.5. The molecule has 1 aromatic heterocycles. The molecule has 0 bridgehead atoms. The molecule has 2 aromatic carbocycles.